The van der Waals surface area contributed by atoms with Gasteiger partial charge in [-0.1, -0.05) is 91.5 Å². The van der Waals surface area contributed by atoms with Crippen LogP contribution in [0.5, 0.6) is 5.75 Å². The SMILES string of the molecule is C/C=C\C=C/c1cc2cc(Nc3ccc(-c4ccc5oc6ccc7ccccc7c6c5c4)cc3)ccc2o1.C=C(C)Oc1ccccc1C. The lowest BCUT2D eigenvalue weighted by Crippen LogP contribution is -1.90. The fourth-order valence-corrected chi connectivity index (χ4v) is 5.98. The smallest absolute Gasteiger partial charge is 0.136 e. The Labute approximate surface area is 286 Å². The molecule has 0 aliphatic rings. The number of hydrogen-bond donors (Lipinski definition) is 1. The summed E-state index contributed by atoms with van der Waals surface area (Å²) in [7, 11) is 0. The standard InChI is InChI=1S/C35H25NO2.C10H12O/c1-2-3-4-8-29-21-26-20-28(16-19-32(26)37-29)36-27-14-10-23(11-15-27)25-13-17-33-31(22-25)35-30-9-6-5-7-24(30)12-18-34(35)38-33;1-8(2)11-10-7-5-4-6-9(10)3/h2-22,36H,1H3;4-7H,1H2,2-3H3/b3-2-,8-4-;. The van der Waals surface area contributed by atoms with Crippen LogP contribution in [0.3, 0.4) is 0 Å². The average Bonchev–Trinajstić information content (AvgIpc) is 3.70. The van der Waals surface area contributed by atoms with Crippen molar-refractivity contribution in [2.75, 3.05) is 5.32 Å². The lowest BCUT2D eigenvalue weighted by molar-refractivity contribution is 0.427. The lowest BCUT2D eigenvalue weighted by Gasteiger charge is -2.08. The van der Waals surface area contributed by atoms with E-state index in [1.807, 2.05) is 81.5 Å². The number of furan rings is 2. The summed E-state index contributed by atoms with van der Waals surface area (Å²) in [5, 5.41) is 9.35. The predicted octanol–water partition coefficient (Wildman–Crippen LogP) is 13.4. The van der Waals surface area contributed by atoms with E-state index in [1.165, 1.54) is 16.2 Å². The van der Waals surface area contributed by atoms with E-state index in [0.717, 1.165) is 72.9 Å². The van der Waals surface area contributed by atoms with Gasteiger partial charge in [-0.15, -0.1) is 0 Å². The molecule has 0 aliphatic heterocycles. The number of ether oxygens (including phenoxy) is 1. The summed E-state index contributed by atoms with van der Waals surface area (Å²) in [5.74, 6) is 2.45. The Morgan fingerprint density at radius 3 is 2.20 bits per heavy atom. The highest BCUT2D eigenvalue weighted by Crippen LogP contribution is 2.37. The van der Waals surface area contributed by atoms with Gasteiger partial charge in [-0.05, 0) is 115 Å². The Kier molecular flexibility index (Phi) is 8.86. The molecule has 8 aromatic rings. The van der Waals surface area contributed by atoms with Gasteiger partial charge >= 0.3 is 0 Å². The van der Waals surface area contributed by atoms with Gasteiger partial charge in [0.2, 0.25) is 0 Å². The topological polar surface area (TPSA) is 47.5 Å². The zero-order chi connectivity index (χ0) is 33.7. The van der Waals surface area contributed by atoms with Gasteiger partial charge < -0.3 is 18.9 Å². The fourth-order valence-electron chi connectivity index (χ4n) is 5.98. The van der Waals surface area contributed by atoms with E-state index in [-0.39, 0.29) is 0 Å². The molecule has 240 valence electrons. The molecule has 49 heavy (non-hydrogen) atoms. The minimum Gasteiger partial charge on any atom is -0.462 e. The Balaban J connectivity index is 0.000000295. The molecule has 0 radical (unpaired) electrons. The highest BCUT2D eigenvalue weighted by Gasteiger charge is 2.12. The summed E-state index contributed by atoms with van der Waals surface area (Å²) in [6.07, 6.45) is 7.93. The molecule has 2 heterocycles. The second-order valence-electron chi connectivity index (χ2n) is 12.0. The van der Waals surface area contributed by atoms with Crippen molar-refractivity contribution in [2.45, 2.75) is 20.8 Å². The maximum atomic E-state index is 6.17. The third kappa shape index (κ3) is 6.90. The van der Waals surface area contributed by atoms with E-state index < -0.39 is 0 Å². The second-order valence-corrected chi connectivity index (χ2v) is 12.0. The Bertz CT molecular complexity index is 2490. The number of hydrogen-bond acceptors (Lipinski definition) is 4. The van der Waals surface area contributed by atoms with Gasteiger partial charge in [-0.25, -0.2) is 0 Å². The number of allylic oxidation sites excluding steroid dienone is 4. The van der Waals surface area contributed by atoms with Crippen molar-refractivity contribution in [3.8, 4) is 16.9 Å². The summed E-state index contributed by atoms with van der Waals surface area (Å²) in [5.41, 5.74) is 8.22. The zero-order valence-corrected chi connectivity index (χ0v) is 27.9. The molecule has 6 aromatic carbocycles. The lowest BCUT2D eigenvalue weighted by atomic mass is 10.00. The van der Waals surface area contributed by atoms with Crippen LogP contribution in [-0.2, 0) is 0 Å². The van der Waals surface area contributed by atoms with Crippen LogP contribution in [0.2, 0.25) is 0 Å². The summed E-state index contributed by atoms with van der Waals surface area (Å²) in [6, 6.07) is 43.8. The second kappa shape index (κ2) is 13.8. The third-order valence-electron chi connectivity index (χ3n) is 8.34. The van der Waals surface area contributed by atoms with Crippen LogP contribution in [0.4, 0.5) is 11.4 Å². The molecule has 4 nitrogen and oxygen atoms in total. The van der Waals surface area contributed by atoms with Crippen molar-refractivity contribution in [3.05, 3.63) is 169 Å². The van der Waals surface area contributed by atoms with E-state index in [1.54, 1.807) is 0 Å². The molecule has 0 fully saturated rings. The molecular weight excluding hydrogens is 602 g/mol. The number of aryl methyl sites for hydroxylation is 1. The normalized spacial score (nSPS) is 11.5. The first-order valence-electron chi connectivity index (χ1n) is 16.4. The van der Waals surface area contributed by atoms with Gasteiger partial charge in [0.15, 0.2) is 0 Å². The van der Waals surface area contributed by atoms with Crippen molar-refractivity contribution in [1.29, 1.82) is 0 Å². The van der Waals surface area contributed by atoms with E-state index in [2.05, 4.69) is 103 Å². The number of benzene rings is 6. The number of anilines is 2. The minimum atomic E-state index is 0.722. The molecule has 4 heteroatoms. The molecule has 0 atom stereocenters. The van der Waals surface area contributed by atoms with Crippen LogP contribution in [0.1, 0.15) is 25.2 Å². The van der Waals surface area contributed by atoms with Crippen LogP contribution in [0, 0.1) is 6.92 Å². The first-order chi connectivity index (χ1) is 23.9. The van der Waals surface area contributed by atoms with Crippen LogP contribution in [0.25, 0.3) is 60.9 Å². The number of rotatable bonds is 7. The van der Waals surface area contributed by atoms with Crippen molar-refractivity contribution < 1.29 is 13.6 Å². The van der Waals surface area contributed by atoms with Crippen molar-refractivity contribution in [2.24, 2.45) is 0 Å². The third-order valence-corrected chi connectivity index (χ3v) is 8.34. The van der Waals surface area contributed by atoms with Gasteiger partial charge in [0.05, 0.1) is 5.76 Å². The molecule has 8 rings (SSSR count). The molecule has 0 saturated carbocycles. The van der Waals surface area contributed by atoms with Crippen LogP contribution < -0.4 is 10.1 Å². The van der Waals surface area contributed by atoms with Crippen LogP contribution in [0.15, 0.2) is 167 Å². The highest BCUT2D eigenvalue weighted by molar-refractivity contribution is 6.19. The van der Waals surface area contributed by atoms with E-state index in [9.17, 15) is 0 Å². The fraction of sp³-hybridized carbons (Fsp3) is 0.0667. The van der Waals surface area contributed by atoms with E-state index in [0.29, 0.717) is 0 Å². The number of nitrogens with one attached hydrogen (secondary N) is 1. The van der Waals surface area contributed by atoms with Crippen molar-refractivity contribution >= 4 is 61.1 Å². The van der Waals surface area contributed by atoms with Gasteiger partial charge in [0.25, 0.3) is 0 Å². The first-order valence-corrected chi connectivity index (χ1v) is 16.4. The molecule has 2 aromatic heterocycles. The van der Waals surface area contributed by atoms with E-state index in [4.69, 9.17) is 13.6 Å². The van der Waals surface area contributed by atoms with Crippen LogP contribution in [-0.4, -0.2) is 0 Å². The Morgan fingerprint density at radius 1 is 0.653 bits per heavy atom. The summed E-state index contributed by atoms with van der Waals surface area (Å²) < 4.78 is 17.4. The summed E-state index contributed by atoms with van der Waals surface area (Å²) >= 11 is 0. The van der Waals surface area contributed by atoms with Crippen LogP contribution >= 0.6 is 0 Å². The minimum absolute atomic E-state index is 0.722. The van der Waals surface area contributed by atoms with Gasteiger partial charge in [-0.3, -0.25) is 0 Å². The molecule has 0 amide bonds. The molecule has 0 unspecified atom stereocenters. The predicted molar refractivity (Wildman–Crippen MR) is 207 cm³/mol. The van der Waals surface area contributed by atoms with Gasteiger partial charge in [-0.2, -0.15) is 0 Å². The highest BCUT2D eigenvalue weighted by atomic mass is 16.5. The number of para-hydroxylation sites is 1. The average molecular weight is 640 g/mol. The Morgan fingerprint density at radius 2 is 1.39 bits per heavy atom. The first kappa shape index (κ1) is 31.3. The quantitative estimate of drug-likeness (QED) is 0.139. The summed E-state index contributed by atoms with van der Waals surface area (Å²) in [4.78, 5) is 0. The molecular formula is C45H37NO3. The van der Waals surface area contributed by atoms with Crippen molar-refractivity contribution in [1.82, 2.24) is 0 Å². The molecule has 0 spiro atoms. The molecule has 0 saturated heterocycles. The maximum absolute atomic E-state index is 6.17. The van der Waals surface area contributed by atoms with Gasteiger partial charge in [0.1, 0.15) is 28.3 Å². The number of fused-ring (bicyclic) bond motifs is 6. The Hall–Kier alpha value is -6.26. The van der Waals surface area contributed by atoms with Crippen molar-refractivity contribution in [3.63, 3.8) is 0 Å². The molecule has 0 bridgehead atoms. The van der Waals surface area contributed by atoms with Gasteiger partial charge in [0, 0.05) is 27.5 Å². The maximum Gasteiger partial charge on any atom is 0.136 e. The van der Waals surface area contributed by atoms with E-state index >= 15 is 0 Å². The molecule has 1 N–H and O–H groups in total. The summed E-state index contributed by atoms with van der Waals surface area (Å²) in [6.45, 7) is 9.52. The monoisotopic (exact) mass is 639 g/mol. The largest absolute Gasteiger partial charge is 0.462 e. The molecule has 0 aliphatic carbocycles. The zero-order valence-electron chi connectivity index (χ0n) is 27.9.